The number of carbonyl (C=O) groups excluding carboxylic acids is 1. The number of aromatic nitrogens is 2. The third-order valence-corrected chi connectivity index (χ3v) is 2.23. The molecule has 0 aliphatic rings. The summed E-state index contributed by atoms with van der Waals surface area (Å²) in [6.45, 7) is 1.93. The normalized spacial score (nSPS) is 10.6. The van der Waals surface area contributed by atoms with Crippen molar-refractivity contribution in [2.75, 3.05) is 14.1 Å². The van der Waals surface area contributed by atoms with E-state index in [1.165, 1.54) is 0 Å². The molecule has 0 radical (unpaired) electrons. The third-order valence-electron chi connectivity index (χ3n) is 2.23. The van der Waals surface area contributed by atoms with Gasteiger partial charge in [0.15, 0.2) is 0 Å². The maximum atomic E-state index is 11.7. The molecular formula is C11H13N3O. The molecule has 4 heteroatoms. The molecule has 2 heterocycles. The lowest BCUT2D eigenvalue weighted by Gasteiger charge is -2.09. The Hall–Kier alpha value is -1.84. The number of hydrogen-bond acceptors (Lipinski definition) is 2. The zero-order valence-corrected chi connectivity index (χ0v) is 9.06. The smallest absolute Gasteiger partial charge is 0.253 e. The van der Waals surface area contributed by atoms with Crippen molar-refractivity contribution in [1.82, 2.24) is 14.3 Å². The van der Waals surface area contributed by atoms with Crippen LogP contribution in [-0.2, 0) is 0 Å². The van der Waals surface area contributed by atoms with Crippen LogP contribution >= 0.6 is 0 Å². The Labute approximate surface area is 88.2 Å². The highest BCUT2D eigenvalue weighted by Gasteiger charge is 2.08. The van der Waals surface area contributed by atoms with E-state index in [0.29, 0.717) is 5.56 Å². The van der Waals surface area contributed by atoms with Crippen LogP contribution in [0.5, 0.6) is 0 Å². The van der Waals surface area contributed by atoms with Gasteiger partial charge in [-0.25, -0.2) is 4.98 Å². The van der Waals surface area contributed by atoms with Crippen LogP contribution in [0.2, 0.25) is 0 Å². The van der Waals surface area contributed by atoms with Gasteiger partial charge in [-0.15, -0.1) is 0 Å². The molecule has 0 spiro atoms. The van der Waals surface area contributed by atoms with Gasteiger partial charge in [-0.2, -0.15) is 0 Å². The number of aryl methyl sites for hydroxylation is 1. The minimum atomic E-state index is -0.00171. The summed E-state index contributed by atoms with van der Waals surface area (Å²) in [6.07, 6.45) is 3.78. The van der Waals surface area contributed by atoms with E-state index in [1.54, 1.807) is 31.1 Å². The minimum absolute atomic E-state index is 0.00171. The van der Waals surface area contributed by atoms with E-state index < -0.39 is 0 Å². The maximum Gasteiger partial charge on any atom is 0.253 e. The van der Waals surface area contributed by atoms with E-state index in [0.717, 1.165) is 11.3 Å². The van der Waals surface area contributed by atoms with Crippen molar-refractivity contribution in [3.8, 4) is 0 Å². The van der Waals surface area contributed by atoms with Gasteiger partial charge in [0.2, 0.25) is 0 Å². The fraction of sp³-hybridized carbons (Fsp3) is 0.273. The number of hydrogen-bond donors (Lipinski definition) is 0. The Balaban J connectivity index is 2.51. The zero-order chi connectivity index (χ0) is 11.0. The van der Waals surface area contributed by atoms with E-state index in [9.17, 15) is 4.79 Å². The van der Waals surface area contributed by atoms with Gasteiger partial charge in [-0.3, -0.25) is 4.79 Å². The summed E-state index contributed by atoms with van der Waals surface area (Å²) in [7, 11) is 3.48. The Morgan fingerprint density at radius 1 is 1.47 bits per heavy atom. The molecule has 2 aromatic rings. The Bertz CT molecular complexity index is 514. The van der Waals surface area contributed by atoms with Crippen molar-refractivity contribution in [1.29, 1.82) is 0 Å². The highest BCUT2D eigenvalue weighted by Crippen LogP contribution is 2.09. The van der Waals surface area contributed by atoms with E-state index in [4.69, 9.17) is 0 Å². The number of imidazole rings is 1. The first-order valence-electron chi connectivity index (χ1n) is 4.75. The van der Waals surface area contributed by atoms with E-state index in [2.05, 4.69) is 4.98 Å². The van der Waals surface area contributed by atoms with Gasteiger partial charge in [0.25, 0.3) is 5.91 Å². The summed E-state index contributed by atoms with van der Waals surface area (Å²) in [5, 5.41) is 0. The van der Waals surface area contributed by atoms with Crippen molar-refractivity contribution in [3.05, 3.63) is 35.8 Å². The molecule has 1 amide bonds. The summed E-state index contributed by atoms with van der Waals surface area (Å²) in [4.78, 5) is 17.5. The van der Waals surface area contributed by atoms with Crippen LogP contribution in [-0.4, -0.2) is 34.3 Å². The van der Waals surface area contributed by atoms with E-state index >= 15 is 0 Å². The number of amides is 1. The second kappa shape index (κ2) is 3.38. The minimum Gasteiger partial charge on any atom is -0.345 e. The summed E-state index contributed by atoms with van der Waals surface area (Å²) in [6, 6.07) is 3.60. The Morgan fingerprint density at radius 2 is 2.20 bits per heavy atom. The molecule has 0 aromatic carbocycles. The zero-order valence-electron chi connectivity index (χ0n) is 9.06. The van der Waals surface area contributed by atoms with Crippen molar-refractivity contribution in [2.45, 2.75) is 6.92 Å². The van der Waals surface area contributed by atoms with Crippen molar-refractivity contribution >= 4 is 11.6 Å². The summed E-state index contributed by atoms with van der Waals surface area (Å²) < 4.78 is 1.90. The standard InChI is InChI=1S/C11H13N3O/c1-8-7-14-5-4-9(6-10(14)12-8)11(15)13(2)3/h4-7H,1-3H3. The molecule has 2 rings (SSSR count). The molecule has 0 aliphatic heterocycles. The van der Waals surface area contributed by atoms with Crippen LogP contribution in [0.3, 0.4) is 0 Å². The predicted octanol–water partition coefficient (Wildman–Crippen LogP) is 1.34. The van der Waals surface area contributed by atoms with E-state index in [-0.39, 0.29) is 5.91 Å². The number of rotatable bonds is 1. The average Bonchev–Trinajstić information content (AvgIpc) is 2.55. The second-order valence-electron chi connectivity index (χ2n) is 3.76. The second-order valence-corrected chi connectivity index (χ2v) is 3.76. The Morgan fingerprint density at radius 3 is 2.87 bits per heavy atom. The number of fused-ring (bicyclic) bond motifs is 1. The SMILES string of the molecule is Cc1cn2ccc(C(=O)N(C)C)cc2n1. The summed E-state index contributed by atoms with van der Waals surface area (Å²) in [5.74, 6) is -0.00171. The van der Waals surface area contributed by atoms with Gasteiger partial charge in [-0.1, -0.05) is 0 Å². The average molecular weight is 203 g/mol. The molecule has 0 N–H and O–H groups in total. The number of carbonyl (C=O) groups is 1. The predicted molar refractivity (Wildman–Crippen MR) is 57.9 cm³/mol. The van der Waals surface area contributed by atoms with Crippen molar-refractivity contribution in [3.63, 3.8) is 0 Å². The topological polar surface area (TPSA) is 37.6 Å². The van der Waals surface area contributed by atoms with Crippen LogP contribution in [0.25, 0.3) is 5.65 Å². The largest absolute Gasteiger partial charge is 0.345 e. The fourth-order valence-corrected chi connectivity index (χ4v) is 1.50. The van der Waals surface area contributed by atoms with Gasteiger partial charge >= 0.3 is 0 Å². The molecule has 0 bridgehead atoms. The van der Waals surface area contributed by atoms with Crippen LogP contribution in [0.1, 0.15) is 16.1 Å². The molecule has 0 saturated heterocycles. The van der Waals surface area contributed by atoms with Gasteiger partial charge in [0.1, 0.15) is 5.65 Å². The highest BCUT2D eigenvalue weighted by atomic mass is 16.2. The van der Waals surface area contributed by atoms with Crippen LogP contribution in [0, 0.1) is 6.92 Å². The van der Waals surface area contributed by atoms with Crippen molar-refractivity contribution < 1.29 is 4.79 Å². The molecule has 0 saturated carbocycles. The first kappa shape index (κ1) is 9.71. The van der Waals surface area contributed by atoms with Gasteiger partial charge < -0.3 is 9.30 Å². The number of pyridine rings is 1. The van der Waals surface area contributed by atoms with Crippen LogP contribution < -0.4 is 0 Å². The van der Waals surface area contributed by atoms with Gasteiger partial charge in [-0.05, 0) is 19.1 Å². The monoisotopic (exact) mass is 203 g/mol. The van der Waals surface area contributed by atoms with E-state index in [1.807, 2.05) is 23.7 Å². The van der Waals surface area contributed by atoms with Crippen LogP contribution in [0.4, 0.5) is 0 Å². The van der Waals surface area contributed by atoms with Crippen LogP contribution in [0.15, 0.2) is 24.5 Å². The molecule has 15 heavy (non-hydrogen) atoms. The maximum absolute atomic E-state index is 11.7. The van der Waals surface area contributed by atoms with Gasteiger partial charge in [0.05, 0.1) is 5.69 Å². The molecule has 4 nitrogen and oxygen atoms in total. The molecule has 0 atom stereocenters. The quantitative estimate of drug-likeness (QED) is 0.701. The summed E-state index contributed by atoms with van der Waals surface area (Å²) >= 11 is 0. The molecule has 0 unspecified atom stereocenters. The third kappa shape index (κ3) is 1.70. The lowest BCUT2D eigenvalue weighted by Crippen LogP contribution is -2.21. The molecule has 0 aliphatic carbocycles. The highest BCUT2D eigenvalue weighted by molar-refractivity contribution is 5.94. The summed E-state index contributed by atoms with van der Waals surface area (Å²) in [5.41, 5.74) is 2.42. The molecule has 2 aromatic heterocycles. The first-order chi connectivity index (χ1) is 7.08. The lowest BCUT2D eigenvalue weighted by atomic mass is 10.2. The molecular weight excluding hydrogens is 190 g/mol. The fourth-order valence-electron chi connectivity index (χ4n) is 1.50. The lowest BCUT2D eigenvalue weighted by molar-refractivity contribution is 0.0827. The molecule has 0 fully saturated rings. The number of nitrogens with zero attached hydrogens (tertiary/aromatic N) is 3. The molecule has 78 valence electrons. The first-order valence-corrected chi connectivity index (χ1v) is 4.75. The Kier molecular flexibility index (Phi) is 2.19. The van der Waals surface area contributed by atoms with Gasteiger partial charge in [0, 0.05) is 32.1 Å². The van der Waals surface area contributed by atoms with Crippen molar-refractivity contribution in [2.24, 2.45) is 0 Å².